The lowest BCUT2D eigenvalue weighted by Crippen LogP contribution is -2.35. The summed E-state index contributed by atoms with van der Waals surface area (Å²) in [6, 6.07) is 13.9. The number of nitrogens with zero attached hydrogens (tertiary/aromatic N) is 2. The van der Waals surface area contributed by atoms with E-state index >= 15 is 0 Å². The highest BCUT2D eigenvalue weighted by Crippen LogP contribution is 2.20. The highest BCUT2D eigenvalue weighted by atomic mass is 16.5. The first-order chi connectivity index (χ1) is 11.7. The summed E-state index contributed by atoms with van der Waals surface area (Å²) in [6.45, 7) is 5.22. The van der Waals surface area contributed by atoms with Crippen LogP contribution in [0.4, 0.5) is 0 Å². The first-order valence-corrected chi connectivity index (χ1v) is 8.43. The Labute approximate surface area is 142 Å². The molecule has 1 aliphatic rings. The van der Waals surface area contributed by atoms with Crippen molar-refractivity contribution in [2.75, 3.05) is 26.2 Å². The van der Waals surface area contributed by atoms with E-state index in [-0.39, 0.29) is 12.5 Å². The Morgan fingerprint density at radius 2 is 1.92 bits per heavy atom. The Bertz CT molecular complexity index is 732. The predicted molar refractivity (Wildman–Crippen MR) is 96.4 cm³/mol. The van der Waals surface area contributed by atoms with Crippen LogP contribution in [-0.4, -0.2) is 42.8 Å². The number of hydrazone groups is 1. The van der Waals surface area contributed by atoms with E-state index in [1.54, 1.807) is 0 Å². The molecule has 0 bridgehead atoms. The molecule has 1 N–H and O–H groups in total. The Hall–Kier alpha value is -2.40. The SMILES string of the molecule is CCN1CCC(=NNC(=O)COc2ccc3ccccc3c2)CC1. The standard InChI is InChI=1S/C19H23N3O2/c1-2-22-11-9-17(10-12-22)20-21-19(23)14-24-18-8-7-15-5-3-4-6-16(15)13-18/h3-8,13H,2,9-12,14H2,1H3,(H,21,23). The summed E-state index contributed by atoms with van der Waals surface area (Å²) in [6.07, 6.45) is 1.83. The largest absolute Gasteiger partial charge is 0.484 e. The van der Waals surface area contributed by atoms with E-state index in [2.05, 4.69) is 22.4 Å². The van der Waals surface area contributed by atoms with Gasteiger partial charge in [0.15, 0.2) is 6.61 Å². The van der Waals surface area contributed by atoms with E-state index in [0.29, 0.717) is 5.75 Å². The molecule has 0 radical (unpaired) electrons. The highest BCUT2D eigenvalue weighted by molar-refractivity contribution is 5.87. The maximum absolute atomic E-state index is 11.9. The van der Waals surface area contributed by atoms with Gasteiger partial charge in [-0.1, -0.05) is 37.3 Å². The molecule has 0 unspecified atom stereocenters. The second-order valence-corrected chi connectivity index (χ2v) is 5.94. The molecule has 0 saturated carbocycles. The first-order valence-electron chi connectivity index (χ1n) is 8.43. The number of likely N-dealkylation sites (tertiary alicyclic amines) is 1. The quantitative estimate of drug-likeness (QED) is 0.860. The number of piperidine rings is 1. The molecule has 1 saturated heterocycles. The summed E-state index contributed by atoms with van der Waals surface area (Å²) in [4.78, 5) is 14.3. The topological polar surface area (TPSA) is 53.9 Å². The van der Waals surface area contributed by atoms with Crippen LogP contribution in [0, 0.1) is 0 Å². The molecular formula is C19H23N3O2. The third kappa shape index (κ3) is 4.32. The second-order valence-electron chi connectivity index (χ2n) is 5.94. The third-order valence-electron chi connectivity index (χ3n) is 4.31. The number of benzene rings is 2. The number of carbonyl (C=O) groups is 1. The number of fused-ring (bicyclic) bond motifs is 1. The lowest BCUT2D eigenvalue weighted by Gasteiger charge is -2.25. The van der Waals surface area contributed by atoms with Crippen LogP contribution in [0.15, 0.2) is 47.6 Å². The normalized spacial score (nSPS) is 15.3. The van der Waals surface area contributed by atoms with Crippen LogP contribution >= 0.6 is 0 Å². The average Bonchev–Trinajstić information content (AvgIpc) is 2.65. The van der Waals surface area contributed by atoms with Crippen molar-refractivity contribution in [2.24, 2.45) is 5.10 Å². The Morgan fingerprint density at radius 3 is 2.67 bits per heavy atom. The molecule has 5 heteroatoms. The molecule has 2 aromatic carbocycles. The van der Waals surface area contributed by atoms with Gasteiger partial charge < -0.3 is 9.64 Å². The molecule has 1 fully saturated rings. The lowest BCUT2D eigenvalue weighted by molar-refractivity contribution is -0.123. The highest BCUT2D eigenvalue weighted by Gasteiger charge is 2.13. The van der Waals surface area contributed by atoms with Crippen molar-refractivity contribution in [1.29, 1.82) is 0 Å². The van der Waals surface area contributed by atoms with Gasteiger partial charge in [0.05, 0.1) is 0 Å². The average molecular weight is 325 g/mol. The van der Waals surface area contributed by atoms with Crippen molar-refractivity contribution >= 4 is 22.4 Å². The molecule has 1 aliphatic heterocycles. The van der Waals surface area contributed by atoms with E-state index < -0.39 is 0 Å². The van der Waals surface area contributed by atoms with E-state index in [9.17, 15) is 4.79 Å². The van der Waals surface area contributed by atoms with Crippen LogP contribution in [0.5, 0.6) is 5.75 Å². The summed E-state index contributed by atoms with van der Waals surface area (Å²) in [5.74, 6) is 0.460. The van der Waals surface area contributed by atoms with E-state index in [1.807, 2.05) is 42.5 Å². The van der Waals surface area contributed by atoms with Crippen molar-refractivity contribution in [3.05, 3.63) is 42.5 Å². The van der Waals surface area contributed by atoms with Crippen molar-refractivity contribution in [2.45, 2.75) is 19.8 Å². The number of nitrogens with one attached hydrogen (secondary N) is 1. The van der Waals surface area contributed by atoms with Gasteiger partial charge in [-0.15, -0.1) is 0 Å². The molecule has 0 atom stereocenters. The van der Waals surface area contributed by atoms with Crippen LogP contribution in [0.1, 0.15) is 19.8 Å². The summed E-state index contributed by atoms with van der Waals surface area (Å²) >= 11 is 0. The van der Waals surface area contributed by atoms with Crippen LogP contribution in [0.3, 0.4) is 0 Å². The number of carbonyl (C=O) groups excluding carboxylic acids is 1. The number of hydrogen-bond acceptors (Lipinski definition) is 4. The summed E-state index contributed by atoms with van der Waals surface area (Å²) < 4.78 is 5.56. The molecule has 24 heavy (non-hydrogen) atoms. The molecule has 5 nitrogen and oxygen atoms in total. The first kappa shape index (κ1) is 16.5. The van der Waals surface area contributed by atoms with E-state index in [0.717, 1.165) is 49.0 Å². The van der Waals surface area contributed by atoms with Gasteiger partial charge in [-0.05, 0) is 29.4 Å². The summed E-state index contributed by atoms with van der Waals surface area (Å²) in [5.41, 5.74) is 3.65. The molecule has 1 heterocycles. The van der Waals surface area contributed by atoms with E-state index in [1.165, 1.54) is 0 Å². The summed E-state index contributed by atoms with van der Waals surface area (Å²) in [7, 11) is 0. The maximum Gasteiger partial charge on any atom is 0.277 e. The Kier molecular flexibility index (Phi) is 5.43. The fourth-order valence-electron chi connectivity index (χ4n) is 2.82. The molecule has 0 aromatic heterocycles. The zero-order valence-corrected chi connectivity index (χ0v) is 14.0. The number of ether oxygens (including phenoxy) is 1. The minimum Gasteiger partial charge on any atom is -0.484 e. The van der Waals surface area contributed by atoms with Crippen molar-refractivity contribution in [3.63, 3.8) is 0 Å². The van der Waals surface area contributed by atoms with Gasteiger partial charge in [0, 0.05) is 31.6 Å². The maximum atomic E-state index is 11.9. The Balaban J connectivity index is 1.48. The van der Waals surface area contributed by atoms with Crippen LogP contribution in [0.2, 0.25) is 0 Å². The number of hydrogen-bond donors (Lipinski definition) is 1. The smallest absolute Gasteiger partial charge is 0.277 e. The zero-order valence-electron chi connectivity index (χ0n) is 14.0. The molecule has 1 amide bonds. The Morgan fingerprint density at radius 1 is 1.17 bits per heavy atom. The van der Waals surface area contributed by atoms with Gasteiger partial charge >= 0.3 is 0 Å². The molecular weight excluding hydrogens is 302 g/mol. The van der Waals surface area contributed by atoms with Crippen molar-refractivity contribution in [1.82, 2.24) is 10.3 Å². The van der Waals surface area contributed by atoms with Crippen LogP contribution in [-0.2, 0) is 4.79 Å². The minimum atomic E-state index is -0.228. The van der Waals surface area contributed by atoms with E-state index in [4.69, 9.17) is 4.74 Å². The third-order valence-corrected chi connectivity index (χ3v) is 4.31. The van der Waals surface area contributed by atoms with Gasteiger partial charge in [0.1, 0.15) is 5.75 Å². The molecule has 2 aromatic rings. The second kappa shape index (κ2) is 7.93. The number of rotatable bonds is 5. The fraction of sp³-hybridized carbons (Fsp3) is 0.368. The summed E-state index contributed by atoms with van der Waals surface area (Å²) in [5, 5.41) is 6.47. The van der Waals surface area contributed by atoms with Crippen LogP contribution < -0.4 is 10.2 Å². The predicted octanol–water partition coefficient (Wildman–Crippen LogP) is 2.81. The van der Waals surface area contributed by atoms with Gasteiger partial charge in [0.25, 0.3) is 5.91 Å². The molecule has 126 valence electrons. The number of amides is 1. The minimum absolute atomic E-state index is 0.0315. The van der Waals surface area contributed by atoms with Crippen molar-refractivity contribution < 1.29 is 9.53 Å². The van der Waals surface area contributed by atoms with Crippen LogP contribution in [0.25, 0.3) is 10.8 Å². The zero-order chi connectivity index (χ0) is 16.8. The van der Waals surface area contributed by atoms with Gasteiger partial charge in [-0.2, -0.15) is 5.10 Å². The van der Waals surface area contributed by atoms with Gasteiger partial charge in [-0.3, -0.25) is 4.79 Å². The fourth-order valence-corrected chi connectivity index (χ4v) is 2.82. The van der Waals surface area contributed by atoms with Gasteiger partial charge in [-0.25, -0.2) is 5.43 Å². The van der Waals surface area contributed by atoms with Gasteiger partial charge in [0.2, 0.25) is 0 Å². The molecule has 0 aliphatic carbocycles. The molecule has 0 spiro atoms. The molecule has 3 rings (SSSR count). The monoisotopic (exact) mass is 325 g/mol. The lowest BCUT2D eigenvalue weighted by atomic mass is 10.1. The van der Waals surface area contributed by atoms with Crippen molar-refractivity contribution in [3.8, 4) is 5.75 Å².